The number of nitro benzene ring substituents is 1. The number of hydrazine groups is 1. The molecule has 0 bridgehead atoms. The van der Waals surface area contributed by atoms with Crippen molar-refractivity contribution in [2.75, 3.05) is 11.9 Å². The Kier molecular flexibility index (Phi) is 11.1. The highest BCUT2D eigenvalue weighted by Gasteiger charge is 2.32. The van der Waals surface area contributed by atoms with Gasteiger partial charge in [0.2, 0.25) is 0 Å². The van der Waals surface area contributed by atoms with Gasteiger partial charge in [-0.15, -0.1) is 0 Å². The van der Waals surface area contributed by atoms with Crippen molar-refractivity contribution in [1.82, 2.24) is 20.0 Å². The summed E-state index contributed by atoms with van der Waals surface area (Å²) in [4.78, 5) is 30.1. The SMILES string of the molecule is CC[C@H](C)CCNN(C(=O)C(Cc1cccc2ccccc12)c1cncn1Cc1ccc([N+](=O)[O-])cc1)C(=S)Nc1ccc(C)cc1. The average Bonchev–Trinajstić information content (AvgIpc) is 3.54. The molecule has 9 nitrogen and oxygen atoms in total. The minimum Gasteiger partial charge on any atom is -0.331 e. The minimum atomic E-state index is -0.657. The molecule has 47 heavy (non-hydrogen) atoms. The monoisotopic (exact) mass is 648 g/mol. The number of anilines is 1. The number of thiocarbonyl (C=S) groups is 1. The Morgan fingerprint density at radius 2 is 1.74 bits per heavy atom. The van der Waals surface area contributed by atoms with Crippen molar-refractivity contribution in [1.29, 1.82) is 0 Å². The van der Waals surface area contributed by atoms with Crippen molar-refractivity contribution in [3.63, 3.8) is 0 Å². The lowest BCUT2D eigenvalue weighted by Crippen LogP contribution is -2.51. The molecule has 0 aliphatic carbocycles. The topological polar surface area (TPSA) is 105 Å². The van der Waals surface area contributed by atoms with E-state index in [0.29, 0.717) is 31.1 Å². The molecule has 0 fully saturated rings. The number of carbonyl (C=O) groups excluding carboxylic acids is 1. The highest BCUT2D eigenvalue weighted by molar-refractivity contribution is 7.80. The van der Waals surface area contributed by atoms with Crippen LogP contribution in [0.15, 0.2) is 104 Å². The van der Waals surface area contributed by atoms with E-state index in [2.05, 4.69) is 53.8 Å². The lowest BCUT2D eigenvalue weighted by molar-refractivity contribution is -0.384. The number of hydrogen-bond acceptors (Lipinski definition) is 6. The Bertz CT molecular complexity index is 1830. The largest absolute Gasteiger partial charge is 0.331 e. The molecule has 10 heteroatoms. The summed E-state index contributed by atoms with van der Waals surface area (Å²) >= 11 is 5.89. The minimum absolute atomic E-state index is 0.0253. The zero-order valence-electron chi connectivity index (χ0n) is 26.9. The molecule has 1 amide bonds. The molecule has 0 radical (unpaired) electrons. The van der Waals surface area contributed by atoms with Crippen LogP contribution < -0.4 is 10.7 Å². The number of aryl methyl sites for hydroxylation is 1. The van der Waals surface area contributed by atoms with Crippen LogP contribution in [-0.4, -0.2) is 37.0 Å². The molecule has 1 unspecified atom stereocenters. The van der Waals surface area contributed by atoms with Crippen LogP contribution in [0.1, 0.15) is 55.0 Å². The molecule has 1 aromatic heterocycles. The predicted octanol–water partition coefficient (Wildman–Crippen LogP) is 7.79. The van der Waals surface area contributed by atoms with E-state index < -0.39 is 10.8 Å². The van der Waals surface area contributed by atoms with Crippen molar-refractivity contribution in [3.05, 3.63) is 136 Å². The fourth-order valence-electron chi connectivity index (χ4n) is 5.53. The number of aromatic nitrogens is 2. The first-order chi connectivity index (χ1) is 22.7. The van der Waals surface area contributed by atoms with Crippen molar-refractivity contribution < 1.29 is 9.72 Å². The molecular weight excluding hydrogens is 609 g/mol. The Balaban J connectivity index is 1.52. The van der Waals surface area contributed by atoms with Crippen LogP contribution in [0, 0.1) is 23.0 Å². The number of nitro groups is 1. The van der Waals surface area contributed by atoms with Gasteiger partial charge in [0.15, 0.2) is 5.11 Å². The van der Waals surface area contributed by atoms with Crippen LogP contribution in [0.3, 0.4) is 0 Å². The molecule has 5 rings (SSSR count). The summed E-state index contributed by atoms with van der Waals surface area (Å²) in [5.74, 6) is -0.389. The van der Waals surface area contributed by atoms with Crippen LogP contribution in [0.5, 0.6) is 0 Å². The third-order valence-electron chi connectivity index (χ3n) is 8.53. The first-order valence-corrected chi connectivity index (χ1v) is 16.3. The molecule has 0 saturated carbocycles. The first-order valence-electron chi connectivity index (χ1n) is 15.9. The Hall–Kier alpha value is -4.93. The van der Waals surface area contributed by atoms with E-state index in [1.807, 2.05) is 54.0 Å². The lowest BCUT2D eigenvalue weighted by Gasteiger charge is -2.30. The van der Waals surface area contributed by atoms with Gasteiger partial charge in [0.25, 0.3) is 11.6 Å². The van der Waals surface area contributed by atoms with Crippen LogP contribution in [-0.2, 0) is 17.8 Å². The number of amides is 1. The number of fused-ring (bicyclic) bond motifs is 1. The summed E-state index contributed by atoms with van der Waals surface area (Å²) in [6.07, 6.45) is 5.74. The second kappa shape index (κ2) is 15.6. The molecule has 4 aromatic carbocycles. The molecule has 0 spiro atoms. The first kappa shape index (κ1) is 33.4. The summed E-state index contributed by atoms with van der Waals surface area (Å²) in [7, 11) is 0. The van der Waals surface area contributed by atoms with E-state index in [9.17, 15) is 14.9 Å². The van der Waals surface area contributed by atoms with E-state index in [1.54, 1.807) is 24.7 Å². The van der Waals surface area contributed by atoms with Gasteiger partial charge in [-0.05, 0) is 71.9 Å². The van der Waals surface area contributed by atoms with Crippen molar-refractivity contribution in [2.45, 2.75) is 52.5 Å². The molecule has 0 aliphatic rings. The number of non-ortho nitro benzene ring substituents is 1. The van der Waals surface area contributed by atoms with E-state index in [4.69, 9.17) is 12.2 Å². The van der Waals surface area contributed by atoms with Gasteiger partial charge in [-0.2, -0.15) is 0 Å². The quantitative estimate of drug-likeness (QED) is 0.0763. The Morgan fingerprint density at radius 1 is 1.02 bits per heavy atom. The third-order valence-corrected chi connectivity index (χ3v) is 8.82. The second-order valence-corrected chi connectivity index (χ2v) is 12.3. The standard InChI is InChI=1S/C37H40N6O3S/c1-4-26(2)20-21-39-42(37(47)40-31-16-12-27(3)13-17-31)36(44)34(22-30-10-7-9-29-8-5-6-11-33(29)30)35-23-38-25-41(35)24-28-14-18-32(19-15-28)43(45)46/h5-19,23,25-26,34,39H,4,20-22,24H2,1-3H3,(H,40,47)/t26-,34?/m0/s1. The number of nitrogens with one attached hydrogen (secondary N) is 2. The number of nitrogens with zero attached hydrogens (tertiary/aromatic N) is 4. The second-order valence-electron chi connectivity index (χ2n) is 11.9. The normalized spacial score (nSPS) is 12.4. The number of imidazole rings is 1. The molecule has 0 aliphatic heterocycles. The summed E-state index contributed by atoms with van der Waals surface area (Å²) in [6.45, 7) is 7.33. The zero-order valence-corrected chi connectivity index (χ0v) is 27.7. The fraction of sp³-hybridized carbons (Fsp3) is 0.270. The molecule has 0 saturated heterocycles. The van der Waals surface area contributed by atoms with Gasteiger partial charge in [-0.25, -0.2) is 15.4 Å². The van der Waals surface area contributed by atoms with E-state index in [0.717, 1.165) is 46.0 Å². The number of carbonyl (C=O) groups is 1. The molecule has 242 valence electrons. The third kappa shape index (κ3) is 8.46. The lowest BCUT2D eigenvalue weighted by atomic mass is 9.92. The van der Waals surface area contributed by atoms with Gasteiger partial charge in [-0.3, -0.25) is 14.9 Å². The van der Waals surface area contributed by atoms with Gasteiger partial charge in [0.05, 0.1) is 22.9 Å². The average molecular weight is 649 g/mol. The van der Waals surface area contributed by atoms with Crippen LogP contribution in [0.2, 0.25) is 0 Å². The predicted molar refractivity (Wildman–Crippen MR) is 191 cm³/mol. The summed E-state index contributed by atoms with van der Waals surface area (Å²) in [5, 5.41) is 18.4. The van der Waals surface area contributed by atoms with Gasteiger partial charge in [0.1, 0.15) is 0 Å². The number of benzene rings is 4. The molecular formula is C37H40N6O3S. The van der Waals surface area contributed by atoms with Crippen LogP contribution in [0.25, 0.3) is 10.8 Å². The van der Waals surface area contributed by atoms with Gasteiger partial charge < -0.3 is 9.88 Å². The molecule has 2 atom stereocenters. The summed E-state index contributed by atoms with van der Waals surface area (Å²) in [5.41, 5.74) is 7.89. The Morgan fingerprint density at radius 3 is 2.47 bits per heavy atom. The maximum Gasteiger partial charge on any atom is 0.269 e. The maximum absolute atomic E-state index is 14.9. The summed E-state index contributed by atoms with van der Waals surface area (Å²) < 4.78 is 1.93. The molecule has 5 aromatic rings. The number of rotatable bonds is 13. The van der Waals surface area contributed by atoms with Crippen molar-refractivity contribution >= 4 is 45.4 Å². The van der Waals surface area contributed by atoms with Crippen LogP contribution in [0.4, 0.5) is 11.4 Å². The van der Waals surface area contributed by atoms with Crippen molar-refractivity contribution in [2.24, 2.45) is 5.92 Å². The van der Waals surface area contributed by atoms with Gasteiger partial charge in [0, 0.05) is 37.1 Å². The summed E-state index contributed by atoms with van der Waals surface area (Å²) in [6, 6.07) is 28.6. The highest BCUT2D eigenvalue weighted by Crippen LogP contribution is 2.29. The van der Waals surface area contributed by atoms with E-state index >= 15 is 0 Å². The smallest absolute Gasteiger partial charge is 0.269 e. The van der Waals surface area contributed by atoms with E-state index in [1.165, 1.54) is 17.1 Å². The Labute approximate surface area is 280 Å². The fourth-order valence-corrected chi connectivity index (χ4v) is 5.80. The molecule has 2 N–H and O–H groups in total. The van der Waals surface area contributed by atoms with Crippen molar-refractivity contribution in [3.8, 4) is 0 Å². The molecule has 1 heterocycles. The highest BCUT2D eigenvalue weighted by atomic mass is 32.1. The maximum atomic E-state index is 14.9. The van der Waals surface area contributed by atoms with E-state index in [-0.39, 0.29) is 16.7 Å². The van der Waals surface area contributed by atoms with Gasteiger partial charge in [-0.1, -0.05) is 92.6 Å². The zero-order chi connectivity index (χ0) is 33.3. The van der Waals surface area contributed by atoms with Gasteiger partial charge >= 0.3 is 0 Å². The van der Waals surface area contributed by atoms with Crippen LogP contribution >= 0.6 is 12.2 Å². The number of hydrogen-bond donors (Lipinski definition) is 2.